The van der Waals surface area contributed by atoms with Crippen molar-refractivity contribution in [3.8, 4) is 0 Å². The molecule has 0 aromatic heterocycles. The Morgan fingerprint density at radius 1 is 1.36 bits per heavy atom. The van der Waals surface area contributed by atoms with Gasteiger partial charge in [-0.25, -0.2) is 8.42 Å². The maximum absolute atomic E-state index is 11.6. The quantitative estimate of drug-likeness (QED) is 0.722. The van der Waals surface area contributed by atoms with Gasteiger partial charge >= 0.3 is 0 Å². The highest BCUT2D eigenvalue weighted by molar-refractivity contribution is 7.90. The Hall–Kier alpha value is -0.380. The van der Waals surface area contributed by atoms with E-state index in [1.54, 1.807) is 0 Å². The first-order chi connectivity index (χ1) is 6.33. The van der Waals surface area contributed by atoms with E-state index in [0.717, 1.165) is 19.3 Å². The first-order valence-corrected chi connectivity index (χ1v) is 7.11. The van der Waals surface area contributed by atoms with E-state index in [1.807, 2.05) is 6.92 Å². The van der Waals surface area contributed by atoms with Crippen LogP contribution in [-0.2, 0) is 14.6 Å². The summed E-state index contributed by atoms with van der Waals surface area (Å²) in [5.41, 5.74) is -0.374. The normalized spacial score (nSPS) is 29.1. The van der Waals surface area contributed by atoms with Gasteiger partial charge in [0.25, 0.3) is 0 Å². The number of Topliss-reactive ketones (excluding diaryl/α,β-unsaturated/α-hetero) is 1. The molecular weight excluding hydrogens is 200 g/mol. The van der Waals surface area contributed by atoms with Crippen molar-refractivity contribution in [1.82, 2.24) is 0 Å². The molecule has 0 aromatic carbocycles. The molecule has 1 atom stereocenters. The second kappa shape index (κ2) is 4.01. The van der Waals surface area contributed by atoms with Crippen molar-refractivity contribution in [2.24, 2.45) is 5.41 Å². The minimum Gasteiger partial charge on any atom is -0.299 e. The van der Waals surface area contributed by atoms with Gasteiger partial charge in [0.1, 0.15) is 15.6 Å². The Morgan fingerprint density at radius 3 is 2.50 bits per heavy atom. The summed E-state index contributed by atoms with van der Waals surface area (Å²) in [5, 5.41) is 0. The van der Waals surface area contributed by atoms with Gasteiger partial charge in [-0.1, -0.05) is 13.3 Å². The zero-order valence-electron chi connectivity index (χ0n) is 8.88. The van der Waals surface area contributed by atoms with Crippen LogP contribution in [-0.4, -0.2) is 26.2 Å². The number of ketones is 1. The summed E-state index contributed by atoms with van der Waals surface area (Å²) >= 11 is 0. The van der Waals surface area contributed by atoms with Crippen molar-refractivity contribution < 1.29 is 13.2 Å². The van der Waals surface area contributed by atoms with E-state index in [1.165, 1.54) is 6.26 Å². The van der Waals surface area contributed by atoms with Crippen LogP contribution >= 0.6 is 0 Å². The fraction of sp³-hybridized carbons (Fsp3) is 0.900. The molecule has 3 nitrogen and oxygen atoms in total. The predicted molar refractivity (Wildman–Crippen MR) is 55.9 cm³/mol. The fourth-order valence-electron chi connectivity index (χ4n) is 1.92. The number of rotatable bonds is 3. The van der Waals surface area contributed by atoms with Crippen molar-refractivity contribution in [2.75, 3.05) is 12.0 Å². The van der Waals surface area contributed by atoms with Crippen LogP contribution in [0.5, 0.6) is 0 Å². The molecule has 0 aromatic rings. The number of carbonyl (C=O) groups excluding carboxylic acids is 1. The van der Waals surface area contributed by atoms with Gasteiger partial charge in [0, 0.05) is 18.1 Å². The predicted octanol–water partition coefficient (Wildman–Crippen LogP) is 1.57. The summed E-state index contributed by atoms with van der Waals surface area (Å²) in [6.45, 7) is 1.90. The Labute approximate surface area is 85.8 Å². The molecule has 0 spiro atoms. The smallest absolute Gasteiger partial charge is 0.147 e. The summed E-state index contributed by atoms with van der Waals surface area (Å²) in [4.78, 5) is 11.6. The lowest BCUT2D eigenvalue weighted by molar-refractivity contribution is -0.130. The highest BCUT2D eigenvalue weighted by Gasteiger charge is 2.35. The molecule has 0 amide bonds. The largest absolute Gasteiger partial charge is 0.299 e. The van der Waals surface area contributed by atoms with E-state index >= 15 is 0 Å². The van der Waals surface area contributed by atoms with Crippen LogP contribution < -0.4 is 0 Å². The maximum Gasteiger partial charge on any atom is 0.147 e. The monoisotopic (exact) mass is 218 g/mol. The van der Waals surface area contributed by atoms with E-state index in [0.29, 0.717) is 12.8 Å². The van der Waals surface area contributed by atoms with E-state index in [4.69, 9.17) is 0 Å². The van der Waals surface area contributed by atoms with Crippen LogP contribution in [0.2, 0.25) is 0 Å². The lowest BCUT2D eigenvalue weighted by Gasteiger charge is -2.31. The molecule has 0 unspecified atom stereocenters. The summed E-state index contributed by atoms with van der Waals surface area (Å²) in [5.74, 6) is 0.377. The molecule has 1 saturated carbocycles. The zero-order valence-corrected chi connectivity index (χ0v) is 9.69. The molecule has 14 heavy (non-hydrogen) atoms. The molecule has 0 aliphatic heterocycles. The molecule has 1 fully saturated rings. The second-order valence-corrected chi connectivity index (χ2v) is 6.83. The van der Waals surface area contributed by atoms with Gasteiger partial charge < -0.3 is 0 Å². The summed E-state index contributed by atoms with van der Waals surface area (Å²) in [7, 11) is -2.94. The number of sulfone groups is 1. The van der Waals surface area contributed by atoms with Gasteiger partial charge in [-0.2, -0.15) is 0 Å². The Morgan fingerprint density at radius 2 is 2.00 bits per heavy atom. The van der Waals surface area contributed by atoms with Crippen LogP contribution in [0.4, 0.5) is 0 Å². The molecule has 0 saturated heterocycles. The van der Waals surface area contributed by atoms with Crippen LogP contribution in [0.15, 0.2) is 0 Å². The van der Waals surface area contributed by atoms with Crippen LogP contribution in [0, 0.1) is 5.41 Å². The van der Waals surface area contributed by atoms with Crippen LogP contribution in [0.1, 0.15) is 39.0 Å². The van der Waals surface area contributed by atoms with Gasteiger partial charge in [0.15, 0.2) is 0 Å². The minimum atomic E-state index is -2.94. The second-order valence-electron chi connectivity index (χ2n) is 4.57. The SMILES string of the molecule is C[C@]1(CCS(C)(=O)=O)CCCCC1=O. The molecule has 0 radical (unpaired) electrons. The fourth-order valence-corrected chi connectivity index (χ4v) is 2.74. The summed E-state index contributed by atoms with van der Waals surface area (Å²) in [6, 6.07) is 0. The van der Waals surface area contributed by atoms with Crippen molar-refractivity contribution in [1.29, 1.82) is 0 Å². The lowest BCUT2D eigenvalue weighted by atomic mass is 9.73. The molecule has 0 heterocycles. The Kier molecular flexibility index (Phi) is 3.35. The third-order valence-corrected chi connectivity index (χ3v) is 4.03. The minimum absolute atomic E-state index is 0.134. The summed E-state index contributed by atoms with van der Waals surface area (Å²) in [6.07, 6.45) is 5.20. The molecular formula is C10H18O3S. The molecule has 0 N–H and O–H groups in total. The van der Waals surface area contributed by atoms with Crippen molar-refractivity contribution in [3.05, 3.63) is 0 Å². The van der Waals surface area contributed by atoms with Crippen LogP contribution in [0.25, 0.3) is 0 Å². The first-order valence-electron chi connectivity index (χ1n) is 5.05. The average Bonchev–Trinajstić information content (AvgIpc) is 2.06. The van der Waals surface area contributed by atoms with Gasteiger partial charge in [0.2, 0.25) is 0 Å². The molecule has 1 rings (SSSR count). The van der Waals surface area contributed by atoms with E-state index in [-0.39, 0.29) is 17.0 Å². The lowest BCUT2D eigenvalue weighted by Crippen LogP contribution is -2.33. The highest BCUT2D eigenvalue weighted by Crippen LogP contribution is 2.35. The first kappa shape index (κ1) is 11.7. The average molecular weight is 218 g/mol. The molecule has 82 valence electrons. The van der Waals surface area contributed by atoms with E-state index in [9.17, 15) is 13.2 Å². The Balaban J connectivity index is 2.60. The Bertz CT molecular complexity index is 318. The topological polar surface area (TPSA) is 51.2 Å². The van der Waals surface area contributed by atoms with Crippen molar-refractivity contribution in [3.63, 3.8) is 0 Å². The number of hydrogen-bond acceptors (Lipinski definition) is 3. The number of carbonyl (C=O) groups is 1. The zero-order chi connectivity index (χ0) is 10.8. The van der Waals surface area contributed by atoms with Crippen molar-refractivity contribution in [2.45, 2.75) is 39.0 Å². The highest BCUT2D eigenvalue weighted by atomic mass is 32.2. The van der Waals surface area contributed by atoms with Gasteiger partial charge in [-0.05, 0) is 19.3 Å². The molecule has 4 heteroatoms. The van der Waals surface area contributed by atoms with E-state index in [2.05, 4.69) is 0 Å². The summed E-state index contributed by atoms with van der Waals surface area (Å²) < 4.78 is 22.0. The van der Waals surface area contributed by atoms with E-state index < -0.39 is 9.84 Å². The third-order valence-electron chi connectivity index (χ3n) is 3.08. The van der Waals surface area contributed by atoms with Gasteiger partial charge in [-0.3, -0.25) is 4.79 Å². The van der Waals surface area contributed by atoms with Gasteiger partial charge in [0.05, 0.1) is 5.75 Å². The van der Waals surface area contributed by atoms with Crippen LogP contribution in [0.3, 0.4) is 0 Å². The molecule has 1 aliphatic rings. The number of hydrogen-bond donors (Lipinski definition) is 0. The maximum atomic E-state index is 11.6. The molecule has 0 bridgehead atoms. The third kappa shape index (κ3) is 3.08. The van der Waals surface area contributed by atoms with Crippen molar-refractivity contribution >= 4 is 15.6 Å². The molecule has 1 aliphatic carbocycles. The van der Waals surface area contributed by atoms with Gasteiger partial charge in [-0.15, -0.1) is 0 Å². The standard InChI is InChI=1S/C10H18O3S/c1-10(7-8-14(2,12)13)6-4-3-5-9(10)11/h3-8H2,1-2H3/t10-/m1/s1.